The summed E-state index contributed by atoms with van der Waals surface area (Å²) in [5.74, 6) is 1.03. The molecule has 7 rings (SSSR count). The Bertz CT molecular complexity index is 1640. The van der Waals surface area contributed by atoms with Crippen LogP contribution in [0.1, 0.15) is 53.9 Å². The summed E-state index contributed by atoms with van der Waals surface area (Å²) in [6.45, 7) is 6.06. The molecule has 2 aliphatic carbocycles. The number of ether oxygens (including phenoxy) is 1. The predicted octanol–water partition coefficient (Wildman–Crippen LogP) is 5.85. The summed E-state index contributed by atoms with van der Waals surface area (Å²) in [5, 5.41) is 6.78. The number of carbonyl (C=O) groups is 2. The van der Waals surface area contributed by atoms with E-state index >= 15 is 0 Å². The summed E-state index contributed by atoms with van der Waals surface area (Å²) in [6.07, 6.45) is 0.950. The minimum atomic E-state index is -1.25. The van der Waals surface area contributed by atoms with Crippen LogP contribution in [0.5, 0.6) is 5.88 Å². The number of nitrogens with zero attached hydrogens (tertiary/aromatic N) is 2. The van der Waals surface area contributed by atoms with Crippen LogP contribution in [0.15, 0.2) is 78.1 Å². The molecule has 3 aliphatic rings. The molecule has 35 heavy (non-hydrogen) atoms. The van der Waals surface area contributed by atoms with Crippen LogP contribution in [-0.4, -0.2) is 21.3 Å². The third-order valence-electron chi connectivity index (χ3n) is 7.72. The fourth-order valence-electron chi connectivity index (χ4n) is 6.45. The Kier molecular flexibility index (Phi) is 3.83. The lowest BCUT2D eigenvalue weighted by molar-refractivity contribution is -0.119. The Balaban J connectivity index is 1.64. The summed E-state index contributed by atoms with van der Waals surface area (Å²) >= 11 is 0. The molecule has 1 atom stereocenters. The standard InChI is InChI=1S/C30H24N2O3/c1-17-25-28(32(31-17)19-11-5-4-6-12-19)35-23-16-29(2,3)15-22(33)26(23)30(25)21-14-8-10-18-9-7-13-20(24(18)21)27(30)34/h4-14H,15-16H2,1-3H3. The molecule has 2 heterocycles. The first-order chi connectivity index (χ1) is 16.8. The summed E-state index contributed by atoms with van der Waals surface area (Å²) in [4.78, 5) is 28.5. The molecule has 1 unspecified atom stereocenters. The van der Waals surface area contributed by atoms with Crippen molar-refractivity contribution in [2.24, 2.45) is 5.41 Å². The van der Waals surface area contributed by atoms with Crippen molar-refractivity contribution in [2.75, 3.05) is 0 Å². The van der Waals surface area contributed by atoms with Crippen molar-refractivity contribution in [3.63, 3.8) is 0 Å². The van der Waals surface area contributed by atoms with Crippen LogP contribution in [0.4, 0.5) is 0 Å². The highest BCUT2D eigenvalue weighted by molar-refractivity contribution is 6.27. The van der Waals surface area contributed by atoms with E-state index in [0.29, 0.717) is 46.9 Å². The lowest BCUT2D eigenvalue weighted by Gasteiger charge is -2.42. The van der Waals surface area contributed by atoms with Crippen LogP contribution in [0, 0.1) is 12.3 Å². The molecule has 172 valence electrons. The van der Waals surface area contributed by atoms with Gasteiger partial charge in [0.1, 0.15) is 11.2 Å². The van der Waals surface area contributed by atoms with Crippen molar-refractivity contribution in [3.8, 4) is 11.6 Å². The van der Waals surface area contributed by atoms with Crippen molar-refractivity contribution in [2.45, 2.75) is 39.0 Å². The maximum Gasteiger partial charge on any atom is 0.227 e. The first-order valence-electron chi connectivity index (χ1n) is 12.0. The minimum Gasteiger partial charge on any atom is -0.442 e. The number of allylic oxidation sites excluding steroid dienone is 2. The predicted molar refractivity (Wildman–Crippen MR) is 133 cm³/mol. The summed E-state index contributed by atoms with van der Waals surface area (Å²) < 4.78 is 8.36. The number of para-hydroxylation sites is 1. The van der Waals surface area contributed by atoms with Crippen LogP contribution < -0.4 is 4.74 Å². The maximum atomic E-state index is 14.6. The van der Waals surface area contributed by atoms with Crippen LogP contribution in [0.3, 0.4) is 0 Å². The van der Waals surface area contributed by atoms with Gasteiger partial charge in [0.15, 0.2) is 11.6 Å². The number of aromatic nitrogens is 2. The molecule has 3 aromatic carbocycles. The first kappa shape index (κ1) is 20.4. The number of aryl methyl sites for hydroxylation is 1. The van der Waals surface area contributed by atoms with Gasteiger partial charge in [0.2, 0.25) is 5.88 Å². The van der Waals surface area contributed by atoms with Crippen LogP contribution in [0.25, 0.3) is 16.5 Å². The fraction of sp³-hybridized carbons (Fsp3) is 0.233. The van der Waals surface area contributed by atoms with Crippen molar-refractivity contribution < 1.29 is 14.3 Å². The molecule has 1 aromatic heterocycles. The van der Waals surface area contributed by atoms with Crippen molar-refractivity contribution in [1.29, 1.82) is 0 Å². The molecule has 0 N–H and O–H groups in total. The van der Waals surface area contributed by atoms with Crippen molar-refractivity contribution in [1.82, 2.24) is 9.78 Å². The maximum absolute atomic E-state index is 14.6. The highest BCUT2D eigenvalue weighted by Gasteiger charge is 2.61. The van der Waals surface area contributed by atoms with Crippen LogP contribution in [-0.2, 0) is 10.2 Å². The number of hydrogen-bond acceptors (Lipinski definition) is 4. The second-order valence-corrected chi connectivity index (χ2v) is 10.6. The number of Topliss-reactive ketones (excluding diaryl/α,β-unsaturated/α-hetero) is 2. The van der Waals surface area contributed by atoms with E-state index in [1.54, 1.807) is 4.68 Å². The number of hydrogen-bond donors (Lipinski definition) is 0. The normalized spacial score (nSPS) is 21.9. The highest BCUT2D eigenvalue weighted by atomic mass is 16.5. The molecule has 1 spiro atoms. The van der Waals surface area contributed by atoms with E-state index in [0.717, 1.165) is 22.0 Å². The second-order valence-electron chi connectivity index (χ2n) is 10.6. The van der Waals surface area contributed by atoms with Gasteiger partial charge in [-0.2, -0.15) is 5.10 Å². The van der Waals surface area contributed by atoms with Gasteiger partial charge in [0, 0.05) is 18.4 Å². The van der Waals surface area contributed by atoms with E-state index in [2.05, 4.69) is 13.8 Å². The fourth-order valence-corrected chi connectivity index (χ4v) is 6.45. The highest BCUT2D eigenvalue weighted by Crippen LogP contribution is 2.60. The Morgan fingerprint density at radius 2 is 1.66 bits per heavy atom. The zero-order valence-corrected chi connectivity index (χ0v) is 19.9. The molecule has 0 fully saturated rings. The van der Waals surface area contributed by atoms with E-state index in [4.69, 9.17) is 9.84 Å². The number of ketones is 2. The van der Waals surface area contributed by atoms with E-state index in [1.165, 1.54) is 0 Å². The monoisotopic (exact) mass is 460 g/mol. The van der Waals surface area contributed by atoms with Gasteiger partial charge in [-0.1, -0.05) is 68.4 Å². The van der Waals surface area contributed by atoms with Crippen LogP contribution >= 0.6 is 0 Å². The topological polar surface area (TPSA) is 61.2 Å². The molecule has 5 nitrogen and oxygen atoms in total. The summed E-state index contributed by atoms with van der Waals surface area (Å²) in [7, 11) is 0. The van der Waals surface area contributed by atoms with Gasteiger partial charge < -0.3 is 4.74 Å². The number of benzene rings is 3. The van der Waals surface area contributed by atoms with E-state index in [-0.39, 0.29) is 17.0 Å². The van der Waals surface area contributed by atoms with Gasteiger partial charge in [0.25, 0.3) is 0 Å². The third kappa shape index (κ3) is 2.45. The van der Waals surface area contributed by atoms with Crippen molar-refractivity contribution >= 4 is 22.3 Å². The SMILES string of the molecule is Cc1nn(-c2ccccc2)c2c1C1(C(=O)c3cccc4cccc1c34)C1=C(CC(C)(C)CC1=O)O2. The number of fused-ring (bicyclic) bond motifs is 4. The molecule has 0 saturated heterocycles. The van der Waals surface area contributed by atoms with Gasteiger partial charge in [-0.25, -0.2) is 4.68 Å². The first-order valence-corrected chi connectivity index (χ1v) is 12.0. The lowest BCUT2D eigenvalue weighted by Crippen LogP contribution is -2.46. The average molecular weight is 461 g/mol. The molecule has 0 amide bonds. The number of rotatable bonds is 1. The van der Waals surface area contributed by atoms with Gasteiger partial charge >= 0.3 is 0 Å². The Hall–Kier alpha value is -3.99. The van der Waals surface area contributed by atoms with E-state index < -0.39 is 5.41 Å². The Morgan fingerprint density at radius 1 is 0.914 bits per heavy atom. The van der Waals surface area contributed by atoms with Gasteiger partial charge in [-0.3, -0.25) is 9.59 Å². The minimum absolute atomic E-state index is 0.0214. The molecule has 1 aliphatic heterocycles. The number of carbonyl (C=O) groups excluding carboxylic acids is 2. The Morgan fingerprint density at radius 3 is 2.43 bits per heavy atom. The van der Waals surface area contributed by atoms with Crippen LogP contribution in [0.2, 0.25) is 0 Å². The molecule has 0 saturated carbocycles. The third-order valence-corrected chi connectivity index (χ3v) is 7.72. The smallest absolute Gasteiger partial charge is 0.227 e. The second kappa shape index (κ2) is 6.57. The summed E-state index contributed by atoms with van der Waals surface area (Å²) in [5.41, 5.74) is 2.71. The van der Waals surface area contributed by atoms with Crippen molar-refractivity contribution in [3.05, 3.63) is 100 Å². The average Bonchev–Trinajstić information content (AvgIpc) is 3.28. The largest absolute Gasteiger partial charge is 0.442 e. The van der Waals surface area contributed by atoms with Gasteiger partial charge in [-0.15, -0.1) is 0 Å². The quantitative estimate of drug-likeness (QED) is 0.357. The zero-order valence-electron chi connectivity index (χ0n) is 19.9. The lowest BCUT2D eigenvalue weighted by atomic mass is 9.61. The summed E-state index contributed by atoms with van der Waals surface area (Å²) in [6, 6.07) is 21.6. The van der Waals surface area contributed by atoms with Gasteiger partial charge in [-0.05, 0) is 40.8 Å². The molecule has 4 aromatic rings. The van der Waals surface area contributed by atoms with Gasteiger partial charge in [0.05, 0.1) is 22.5 Å². The van der Waals surface area contributed by atoms with E-state index in [1.807, 2.05) is 73.7 Å². The zero-order chi connectivity index (χ0) is 24.1. The molecule has 0 radical (unpaired) electrons. The molecular weight excluding hydrogens is 436 g/mol. The van der Waals surface area contributed by atoms with E-state index in [9.17, 15) is 9.59 Å². The Labute approximate surface area is 203 Å². The molecular formula is C30H24N2O3. The molecule has 5 heteroatoms. The molecule has 0 bridgehead atoms.